The predicted octanol–water partition coefficient (Wildman–Crippen LogP) is 0.438. The highest BCUT2D eigenvalue weighted by Gasteiger charge is 1.95. The van der Waals surface area contributed by atoms with Gasteiger partial charge in [-0.05, 0) is 26.3 Å². The van der Waals surface area contributed by atoms with Gasteiger partial charge in [-0.25, -0.2) is 4.79 Å². The van der Waals surface area contributed by atoms with Crippen molar-refractivity contribution < 1.29 is 19.4 Å². The molecular formula is C10H15O4-. The van der Waals surface area contributed by atoms with E-state index in [1.54, 1.807) is 13.8 Å². The van der Waals surface area contributed by atoms with Crippen molar-refractivity contribution in [2.45, 2.75) is 20.8 Å². The molecule has 0 bridgehead atoms. The van der Waals surface area contributed by atoms with Gasteiger partial charge in [0, 0.05) is 5.57 Å². The maximum absolute atomic E-state index is 10.2. The van der Waals surface area contributed by atoms with Gasteiger partial charge in [0.1, 0.15) is 0 Å². The van der Waals surface area contributed by atoms with E-state index in [0.717, 1.165) is 0 Å². The number of esters is 1. The second kappa shape index (κ2) is 8.04. The topological polar surface area (TPSA) is 66.4 Å². The van der Waals surface area contributed by atoms with E-state index in [1.165, 1.54) is 20.1 Å². The van der Waals surface area contributed by atoms with Crippen LogP contribution in [-0.2, 0) is 14.3 Å². The summed E-state index contributed by atoms with van der Waals surface area (Å²) in [6, 6.07) is 0. The number of hydrogen-bond acceptors (Lipinski definition) is 4. The molecule has 0 radical (unpaired) electrons. The first kappa shape index (κ1) is 14.9. The number of rotatable bonds is 2. The van der Waals surface area contributed by atoms with Crippen molar-refractivity contribution in [1.82, 2.24) is 0 Å². The molecule has 0 aliphatic carbocycles. The Morgan fingerprint density at radius 2 is 1.79 bits per heavy atom. The summed E-state index contributed by atoms with van der Waals surface area (Å²) in [6.45, 7) is 8.11. The van der Waals surface area contributed by atoms with Crippen molar-refractivity contribution in [1.29, 1.82) is 0 Å². The van der Waals surface area contributed by atoms with Gasteiger partial charge in [0.15, 0.2) is 0 Å². The lowest BCUT2D eigenvalue weighted by molar-refractivity contribution is -0.299. The number of carboxylic acids is 1. The summed E-state index contributed by atoms with van der Waals surface area (Å²) in [5, 5.41) is 9.75. The molecule has 14 heavy (non-hydrogen) atoms. The van der Waals surface area contributed by atoms with Crippen LogP contribution in [0.25, 0.3) is 0 Å². The normalized spacial score (nSPS) is 9.57. The maximum atomic E-state index is 10.2. The Morgan fingerprint density at radius 3 is 1.79 bits per heavy atom. The maximum Gasteiger partial charge on any atom is 0.332 e. The summed E-state index contributed by atoms with van der Waals surface area (Å²) >= 11 is 0. The molecule has 4 heteroatoms. The molecule has 0 fully saturated rings. The third-order valence-corrected chi connectivity index (χ3v) is 1.29. The Morgan fingerprint density at radius 1 is 1.36 bits per heavy atom. The molecule has 0 atom stereocenters. The zero-order chi connectivity index (χ0) is 11.7. The Labute approximate surface area is 83.9 Å². The van der Waals surface area contributed by atoms with Gasteiger partial charge in [0.05, 0.1) is 13.1 Å². The molecule has 0 aliphatic heterocycles. The highest BCUT2D eigenvalue weighted by molar-refractivity contribution is 5.86. The smallest absolute Gasteiger partial charge is 0.332 e. The Bertz CT molecular complexity index is 251. The number of carboxylic acid groups (broad SMARTS) is 1. The molecule has 0 rings (SSSR count). The third-order valence-electron chi connectivity index (χ3n) is 1.29. The van der Waals surface area contributed by atoms with Crippen molar-refractivity contribution in [2.75, 3.05) is 7.11 Å². The van der Waals surface area contributed by atoms with Crippen LogP contribution in [0.2, 0.25) is 0 Å². The van der Waals surface area contributed by atoms with Crippen LogP contribution < -0.4 is 5.11 Å². The molecule has 0 aromatic heterocycles. The van der Waals surface area contributed by atoms with E-state index in [0.29, 0.717) is 5.57 Å². The van der Waals surface area contributed by atoms with Gasteiger partial charge in [-0.3, -0.25) is 0 Å². The summed E-state index contributed by atoms with van der Waals surface area (Å²) < 4.78 is 4.27. The van der Waals surface area contributed by atoms with Gasteiger partial charge >= 0.3 is 5.97 Å². The van der Waals surface area contributed by atoms with Crippen LogP contribution in [0, 0.1) is 0 Å². The van der Waals surface area contributed by atoms with Crippen molar-refractivity contribution in [3.05, 3.63) is 23.8 Å². The van der Waals surface area contributed by atoms with Crippen molar-refractivity contribution in [3.8, 4) is 0 Å². The highest BCUT2D eigenvalue weighted by Crippen LogP contribution is 1.87. The second-order valence-electron chi connectivity index (χ2n) is 2.53. The average molecular weight is 199 g/mol. The van der Waals surface area contributed by atoms with E-state index >= 15 is 0 Å². The summed E-state index contributed by atoms with van der Waals surface area (Å²) in [5.74, 6) is -1.44. The molecule has 4 nitrogen and oxygen atoms in total. The van der Waals surface area contributed by atoms with Crippen LogP contribution in [0.3, 0.4) is 0 Å². The second-order valence-corrected chi connectivity index (χ2v) is 2.53. The van der Waals surface area contributed by atoms with Gasteiger partial charge in [-0.15, -0.1) is 0 Å². The number of hydrogen-bond donors (Lipinski definition) is 0. The first-order valence-electron chi connectivity index (χ1n) is 3.94. The molecule has 0 unspecified atom stereocenters. The molecule has 0 heterocycles. The van der Waals surface area contributed by atoms with E-state index < -0.39 is 5.97 Å². The molecular weight excluding hydrogens is 184 g/mol. The molecule has 80 valence electrons. The van der Waals surface area contributed by atoms with E-state index in [4.69, 9.17) is 0 Å². The Balaban J connectivity index is 0. The number of carbonyl (C=O) groups is 2. The zero-order valence-electron chi connectivity index (χ0n) is 8.92. The van der Waals surface area contributed by atoms with Crippen molar-refractivity contribution >= 4 is 11.9 Å². The first-order chi connectivity index (χ1) is 6.36. The lowest BCUT2D eigenvalue weighted by Crippen LogP contribution is -2.22. The van der Waals surface area contributed by atoms with Crippen LogP contribution in [0.4, 0.5) is 0 Å². The molecule has 0 amide bonds. The van der Waals surface area contributed by atoms with Gasteiger partial charge in [-0.1, -0.05) is 12.7 Å². The standard InChI is InChI=1S/2C5H8O2/c1-4(2)5(6)7-3;1-3-4(2)5(6)7/h1H2,2-3H3;3H,1-2H3,(H,6,7)/p-1/b;4-3+. The largest absolute Gasteiger partial charge is 0.545 e. The predicted molar refractivity (Wildman–Crippen MR) is 51.3 cm³/mol. The summed E-state index contributed by atoms with van der Waals surface area (Å²) in [4.78, 5) is 19.9. The fraction of sp³-hybridized carbons (Fsp3) is 0.400. The van der Waals surface area contributed by atoms with Crippen LogP contribution in [0.5, 0.6) is 0 Å². The van der Waals surface area contributed by atoms with Gasteiger partial charge < -0.3 is 14.6 Å². The first-order valence-corrected chi connectivity index (χ1v) is 3.94. The fourth-order valence-corrected chi connectivity index (χ4v) is 0.292. The number of allylic oxidation sites excluding steroid dienone is 1. The van der Waals surface area contributed by atoms with Crippen LogP contribution in [0.15, 0.2) is 23.8 Å². The third kappa shape index (κ3) is 8.52. The molecule has 0 aromatic rings. The summed E-state index contributed by atoms with van der Waals surface area (Å²) in [6.07, 6.45) is 1.50. The number of aliphatic carboxylic acids is 1. The molecule has 0 saturated carbocycles. The summed E-state index contributed by atoms with van der Waals surface area (Å²) in [5.41, 5.74) is 0.711. The monoisotopic (exact) mass is 199 g/mol. The lowest BCUT2D eigenvalue weighted by atomic mass is 10.3. The zero-order valence-corrected chi connectivity index (χ0v) is 8.92. The highest BCUT2D eigenvalue weighted by atomic mass is 16.5. The number of methoxy groups -OCH3 is 1. The molecule has 0 saturated heterocycles. The summed E-state index contributed by atoms with van der Waals surface area (Å²) in [7, 11) is 1.33. The quantitative estimate of drug-likeness (QED) is 0.478. The number of carbonyl (C=O) groups excluding carboxylic acids is 2. The van der Waals surface area contributed by atoms with Crippen LogP contribution in [0.1, 0.15) is 20.8 Å². The minimum absolute atomic E-state index is 0.278. The van der Waals surface area contributed by atoms with Crippen molar-refractivity contribution in [2.24, 2.45) is 0 Å². The van der Waals surface area contributed by atoms with E-state index in [-0.39, 0.29) is 11.5 Å². The molecule has 0 N–H and O–H groups in total. The Hall–Kier alpha value is -1.58. The van der Waals surface area contributed by atoms with E-state index in [9.17, 15) is 14.7 Å². The van der Waals surface area contributed by atoms with Crippen LogP contribution >= 0.6 is 0 Å². The van der Waals surface area contributed by atoms with Gasteiger partial charge in [0.2, 0.25) is 0 Å². The van der Waals surface area contributed by atoms with Crippen LogP contribution in [-0.4, -0.2) is 19.0 Å². The minimum atomic E-state index is -1.09. The SMILES string of the molecule is C/C=C(\C)C(=O)[O-].C=C(C)C(=O)OC. The lowest BCUT2D eigenvalue weighted by Gasteiger charge is -1.96. The van der Waals surface area contributed by atoms with Crippen molar-refractivity contribution in [3.63, 3.8) is 0 Å². The molecule has 0 aliphatic rings. The Kier molecular flexibility index (Phi) is 8.57. The fourth-order valence-electron chi connectivity index (χ4n) is 0.292. The number of ether oxygens (including phenoxy) is 1. The molecule has 0 spiro atoms. The van der Waals surface area contributed by atoms with Gasteiger partial charge in [-0.2, -0.15) is 0 Å². The van der Waals surface area contributed by atoms with Gasteiger partial charge in [0.25, 0.3) is 0 Å². The van der Waals surface area contributed by atoms with E-state index in [2.05, 4.69) is 11.3 Å². The minimum Gasteiger partial charge on any atom is -0.545 e. The average Bonchev–Trinajstić information content (AvgIpc) is 2.15. The van der Waals surface area contributed by atoms with E-state index in [1.807, 2.05) is 0 Å². The molecule has 0 aromatic carbocycles.